The van der Waals surface area contributed by atoms with E-state index in [-0.39, 0.29) is 26.1 Å². The van der Waals surface area contributed by atoms with Gasteiger partial charge in [-0.3, -0.25) is 9.59 Å². The molecule has 2 rings (SSSR count). The van der Waals surface area contributed by atoms with Crippen LogP contribution in [0.2, 0.25) is 0 Å². The van der Waals surface area contributed by atoms with Gasteiger partial charge in [-0.25, -0.2) is 0 Å². The number of rotatable bonds is 42. The van der Waals surface area contributed by atoms with Crippen molar-refractivity contribution in [2.75, 3.05) is 26.4 Å². The maximum Gasteiger partial charge on any atom is 0.306 e. The van der Waals surface area contributed by atoms with Crippen LogP contribution in [0, 0.1) is 0 Å². The number of aliphatic hydroxyl groups is 7. The lowest BCUT2D eigenvalue weighted by Gasteiger charge is -2.42. The standard InChI is InChI=1S/C52H96O15/c1-3-5-7-9-11-13-15-17-18-19-20-21-22-23-25-27-29-31-33-35-44(55)65-40(37-62-43(54)34-32-30-28-26-24-16-14-12-10-8-6-4-2)38-63-51-50(61)48(59)46(57)42(67-51)39-64-52-49(60)47(58)45(56)41(36-53)66-52/h17-18,40-42,45-53,56-61H,3-16,19-39H2,1-2H3/b18-17-. The van der Waals surface area contributed by atoms with Crippen LogP contribution in [0.1, 0.15) is 213 Å². The number of aliphatic hydroxyl groups excluding tert-OH is 7. The number of carbonyl (C=O) groups is 2. The van der Waals surface area contributed by atoms with E-state index in [1.54, 1.807) is 0 Å². The molecule has 7 N–H and O–H groups in total. The maximum absolute atomic E-state index is 13.0. The molecule has 2 fully saturated rings. The molecule has 0 aromatic heterocycles. The van der Waals surface area contributed by atoms with Gasteiger partial charge >= 0.3 is 11.9 Å². The van der Waals surface area contributed by atoms with Gasteiger partial charge in [0.1, 0.15) is 55.4 Å². The molecule has 2 saturated heterocycles. The highest BCUT2D eigenvalue weighted by Gasteiger charge is 2.47. The normalized spacial score (nSPS) is 26.0. The fourth-order valence-electron chi connectivity index (χ4n) is 8.57. The lowest BCUT2D eigenvalue weighted by atomic mass is 9.98. The van der Waals surface area contributed by atoms with Gasteiger partial charge in [-0.05, 0) is 38.5 Å². The molecule has 11 atom stereocenters. The molecule has 0 bridgehead atoms. The second-order valence-corrected chi connectivity index (χ2v) is 19.1. The Labute approximate surface area is 403 Å². The van der Waals surface area contributed by atoms with Crippen molar-refractivity contribution in [3.05, 3.63) is 12.2 Å². The maximum atomic E-state index is 13.0. The van der Waals surface area contributed by atoms with E-state index in [1.165, 1.54) is 128 Å². The topological polar surface area (TPSA) is 231 Å². The van der Waals surface area contributed by atoms with E-state index in [0.29, 0.717) is 12.8 Å². The fraction of sp³-hybridized carbons (Fsp3) is 0.923. The van der Waals surface area contributed by atoms with Crippen LogP contribution < -0.4 is 0 Å². The predicted molar refractivity (Wildman–Crippen MR) is 257 cm³/mol. The van der Waals surface area contributed by atoms with Crippen LogP contribution in [-0.2, 0) is 38.0 Å². The summed E-state index contributed by atoms with van der Waals surface area (Å²) >= 11 is 0. The van der Waals surface area contributed by atoms with Gasteiger partial charge in [0.15, 0.2) is 18.7 Å². The molecule has 67 heavy (non-hydrogen) atoms. The molecule has 394 valence electrons. The minimum atomic E-state index is -1.76. The summed E-state index contributed by atoms with van der Waals surface area (Å²) in [6, 6.07) is 0. The van der Waals surface area contributed by atoms with Gasteiger partial charge in [-0.1, -0.05) is 174 Å². The second kappa shape index (κ2) is 39.9. The van der Waals surface area contributed by atoms with Crippen LogP contribution in [0.3, 0.4) is 0 Å². The van der Waals surface area contributed by atoms with Crippen molar-refractivity contribution in [1.29, 1.82) is 0 Å². The van der Waals surface area contributed by atoms with Gasteiger partial charge in [-0.15, -0.1) is 0 Å². The second-order valence-electron chi connectivity index (χ2n) is 19.1. The van der Waals surface area contributed by atoms with Gasteiger partial charge in [0.2, 0.25) is 0 Å². The average molecular weight is 961 g/mol. The van der Waals surface area contributed by atoms with Gasteiger partial charge < -0.3 is 64.2 Å². The van der Waals surface area contributed by atoms with E-state index in [2.05, 4.69) is 26.0 Å². The monoisotopic (exact) mass is 961 g/mol. The van der Waals surface area contributed by atoms with E-state index in [9.17, 15) is 45.3 Å². The number of hydrogen-bond donors (Lipinski definition) is 7. The molecule has 2 aliphatic heterocycles. The van der Waals surface area contributed by atoms with Crippen molar-refractivity contribution in [2.24, 2.45) is 0 Å². The van der Waals surface area contributed by atoms with Gasteiger partial charge in [0.05, 0.1) is 19.8 Å². The summed E-state index contributed by atoms with van der Waals surface area (Å²) in [5.74, 6) is -0.917. The SMILES string of the molecule is CCCCCCCC/C=C\CCCCCCCCCCCC(=O)OC(COC(=O)CCCCCCCCCCCCCC)COC1OC(COC2OC(CO)C(O)C(O)C2O)C(O)C(O)C1O. The molecule has 0 aliphatic carbocycles. The van der Waals surface area contributed by atoms with E-state index in [4.69, 9.17) is 28.4 Å². The highest BCUT2D eigenvalue weighted by molar-refractivity contribution is 5.70. The van der Waals surface area contributed by atoms with E-state index < -0.39 is 92.7 Å². The third-order valence-corrected chi connectivity index (χ3v) is 13.0. The number of carbonyl (C=O) groups excluding carboxylic acids is 2. The molecule has 15 nitrogen and oxygen atoms in total. The van der Waals surface area contributed by atoms with Crippen molar-refractivity contribution in [2.45, 2.75) is 280 Å². The van der Waals surface area contributed by atoms with Crippen LogP contribution in [0.25, 0.3) is 0 Å². The molecule has 0 aromatic carbocycles. The molecule has 0 aromatic rings. The van der Waals surface area contributed by atoms with Crippen molar-refractivity contribution in [1.82, 2.24) is 0 Å². The molecule has 0 radical (unpaired) electrons. The molecule has 15 heteroatoms. The smallest absolute Gasteiger partial charge is 0.306 e. The number of hydrogen-bond acceptors (Lipinski definition) is 15. The molecule has 2 heterocycles. The van der Waals surface area contributed by atoms with Crippen LogP contribution >= 0.6 is 0 Å². The fourth-order valence-corrected chi connectivity index (χ4v) is 8.57. The minimum Gasteiger partial charge on any atom is -0.462 e. The lowest BCUT2D eigenvalue weighted by Crippen LogP contribution is -2.61. The van der Waals surface area contributed by atoms with Crippen molar-refractivity contribution < 1.29 is 73.8 Å². The first-order chi connectivity index (χ1) is 32.5. The molecule has 0 spiro atoms. The Morgan fingerprint density at radius 2 is 0.851 bits per heavy atom. The summed E-state index contributed by atoms with van der Waals surface area (Å²) in [7, 11) is 0. The van der Waals surface area contributed by atoms with Crippen LogP contribution in [-0.4, -0.2) is 142 Å². The average Bonchev–Trinajstić information content (AvgIpc) is 3.32. The molecule has 0 saturated carbocycles. The first-order valence-electron chi connectivity index (χ1n) is 26.8. The zero-order valence-corrected chi connectivity index (χ0v) is 41.7. The number of ether oxygens (including phenoxy) is 6. The van der Waals surface area contributed by atoms with Crippen molar-refractivity contribution in [3.63, 3.8) is 0 Å². The van der Waals surface area contributed by atoms with Crippen molar-refractivity contribution >= 4 is 11.9 Å². The van der Waals surface area contributed by atoms with E-state index in [1.807, 2.05) is 0 Å². The Kier molecular flexibility index (Phi) is 36.5. The Balaban J connectivity index is 1.78. The number of esters is 2. The Hall–Kier alpha value is -1.76. The molecular formula is C52H96O15. The van der Waals surface area contributed by atoms with Crippen LogP contribution in [0.5, 0.6) is 0 Å². The first-order valence-corrected chi connectivity index (χ1v) is 26.8. The summed E-state index contributed by atoms with van der Waals surface area (Å²) in [6.45, 7) is 2.60. The first kappa shape index (κ1) is 61.4. The number of allylic oxidation sites excluding steroid dienone is 2. The highest BCUT2D eigenvalue weighted by atomic mass is 16.7. The molecule has 0 amide bonds. The minimum absolute atomic E-state index is 0.167. The molecule has 2 aliphatic rings. The summed E-state index contributed by atoms with van der Waals surface area (Å²) in [4.78, 5) is 25.8. The van der Waals surface area contributed by atoms with Crippen molar-refractivity contribution in [3.8, 4) is 0 Å². The molecule has 11 unspecified atom stereocenters. The summed E-state index contributed by atoms with van der Waals surface area (Å²) in [5.41, 5.74) is 0. The summed E-state index contributed by atoms with van der Waals surface area (Å²) < 4.78 is 33.6. The van der Waals surface area contributed by atoms with Crippen LogP contribution in [0.15, 0.2) is 12.2 Å². The van der Waals surface area contributed by atoms with E-state index in [0.717, 1.165) is 44.9 Å². The zero-order valence-electron chi connectivity index (χ0n) is 41.7. The third kappa shape index (κ3) is 28.0. The lowest BCUT2D eigenvalue weighted by molar-refractivity contribution is -0.332. The van der Waals surface area contributed by atoms with Gasteiger partial charge in [0, 0.05) is 12.8 Å². The Morgan fingerprint density at radius 1 is 0.463 bits per heavy atom. The zero-order chi connectivity index (χ0) is 48.9. The predicted octanol–water partition coefficient (Wildman–Crippen LogP) is 7.77. The highest BCUT2D eigenvalue weighted by Crippen LogP contribution is 2.27. The van der Waals surface area contributed by atoms with Crippen LogP contribution in [0.4, 0.5) is 0 Å². The largest absolute Gasteiger partial charge is 0.462 e. The quantitative estimate of drug-likeness (QED) is 0.0176. The summed E-state index contributed by atoms with van der Waals surface area (Å²) in [5, 5.41) is 72.1. The van der Waals surface area contributed by atoms with E-state index >= 15 is 0 Å². The third-order valence-electron chi connectivity index (χ3n) is 13.0. The molecular weight excluding hydrogens is 865 g/mol. The van der Waals surface area contributed by atoms with Gasteiger partial charge in [-0.2, -0.15) is 0 Å². The van der Waals surface area contributed by atoms with Gasteiger partial charge in [0.25, 0.3) is 0 Å². The summed E-state index contributed by atoms with van der Waals surface area (Å²) in [6.07, 6.45) is 22.4. The Morgan fingerprint density at radius 3 is 1.31 bits per heavy atom. The Bertz CT molecular complexity index is 1220. The number of unbranched alkanes of at least 4 members (excludes halogenated alkanes) is 26.